The molecular weight excluding hydrogens is 266 g/mol. The molecule has 0 saturated carbocycles. The van der Waals surface area contributed by atoms with Crippen molar-refractivity contribution in [3.8, 4) is 17.6 Å². The van der Waals surface area contributed by atoms with Crippen LogP contribution in [-0.2, 0) is 9.53 Å². The molecule has 7 nitrogen and oxygen atoms in total. The van der Waals surface area contributed by atoms with Gasteiger partial charge in [0.05, 0.1) is 6.61 Å². The first-order valence-electron chi connectivity index (χ1n) is 5.50. The second-order valence-electron chi connectivity index (χ2n) is 3.49. The molecule has 7 heteroatoms. The van der Waals surface area contributed by atoms with Gasteiger partial charge < -0.3 is 19.7 Å². The first-order chi connectivity index (χ1) is 9.47. The number of rotatable bonds is 4. The number of nitrogens with zero attached hydrogens (tertiary/aromatic N) is 1. The highest BCUT2D eigenvalue weighted by Gasteiger charge is 2.11. The Labute approximate surface area is 114 Å². The van der Waals surface area contributed by atoms with Gasteiger partial charge in [0.2, 0.25) is 0 Å². The molecule has 0 spiro atoms. The average molecular weight is 277 g/mol. The molecule has 0 atom stereocenters. The third-order valence-electron chi connectivity index (χ3n) is 2.10. The monoisotopic (exact) mass is 277 g/mol. The molecule has 2 N–H and O–H groups in total. The number of aliphatic carboxylic acids is 1. The van der Waals surface area contributed by atoms with E-state index in [9.17, 15) is 14.7 Å². The lowest BCUT2D eigenvalue weighted by Crippen LogP contribution is -2.10. The predicted molar refractivity (Wildman–Crippen MR) is 67.0 cm³/mol. The minimum atomic E-state index is -1.38. The molecular formula is C13H11NO6. The number of phenolic OH excluding ortho intramolecular Hbond substituents is 1. The van der Waals surface area contributed by atoms with Crippen molar-refractivity contribution in [2.75, 3.05) is 6.61 Å². The zero-order valence-electron chi connectivity index (χ0n) is 10.5. The SMILES string of the molecule is CCOC(=O)Oc1cc(C=C(C#N)C(=O)O)ccc1O. The molecule has 0 radical (unpaired) electrons. The highest BCUT2D eigenvalue weighted by Crippen LogP contribution is 2.28. The summed E-state index contributed by atoms with van der Waals surface area (Å²) < 4.78 is 9.28. The lowest BCUT2D eigenvalue weighted by atomic mass is 10.1. The van der Waals surface area contributed by atoms with E-state index in [0.717, 1.165) is 6.08 Å². The number of carboxylic acids is 1. The largest absolute Gasteiger partial charge is 0.513 e. The van der Waals surface area contributed by atoms with Crippen LogP contribution in [0.2, 0.25) is 0 Å². The first-order valence-corrected chi connectivity index (χ1v) is 5.50. The van der Waals surface area contributed by atoms with Crippen LogP contribution in [0.15, 0.2) is 23.8 Å². The van der Waals surface area contributed by atoms with Gasteiger partial charge in [-0.05, 0) is 30.7 Å². The quantitative estimate of drug-likeness (QED) is 0.373. The van der Waals surface area contributed by atoms with E-state index in [0.29, 0.717) is 0 Å². The Morgan fingerprint density at radius 2 is 2.15 bits per heavy atom. The van der Waals surface area contributed by atoms with Crippen molar-refractivity contribution in [1.82, 2.24) is 0 Å². The molecule has 0 heterocycles. The van der Waals surface area contributed by atoms with Crippen molar-refractivity contribution in [2.24, 2.45) is 0 Å². The molecule has 0 fully saturated rings. The Balaban J connectivity index is 3.06. The highest BCUT2D eigenvalue weighted by atomic mass is 16.7. The summed E-state index contributed by atoms with van der Waals surface area (Å²) in [6.45, 7) is 1.70. The summed E-state index contributed by atoms with van der Waals surface area (Å²) >= 11 is 0. The molecule has 0 aromatic heterocycles. The molecule has 0 aliphatic rings. The topological polar surface area (TPSA) is 117 Å². The molecule has 0 bridgehead atoms. The number of carbonyl (C=O) groups excluding carboxylic acids is 1. The number of ether oxygens (including phenoxy) is 2. The number of hydrogen-bond donors (Lipinski definition) is 2. The van der Waals surface area contributed by atoms with Crippen LogP contribution in [-0.4, -0.2) is 28.9 Å². The number of nitriles is 1. The van der Waals surface area contributed by atoms with Crippen LogP contribution in [0.3, 0.4) is 0 Å². The summed E-state index contributed by atoms with van der Waals surface area (Å²) in [5, 5.41) is 26.9. The van der Waals surface area contributed by atoms with Crippen molar-refractivity contribution >= 4 is 18.2 Å². The second kappa shape index (κ2) is 6.80. The summed E-state index contributed by atoms with van der Waals surface area (Å²) in [5.74, 6) is -1.89. The summed E-state index contributed by atoms with van der Waals surface area (Å²) in [6, 6.07) is 5.30. The summed E-state index contributed by atoms with van der Waals surface area (Å²) in [7, 11) is 0. The number of benzene rings is 1. The number of hydrogen-bond acceptors (Lipinski definition) is 6. The smallest absolute Gasteiger partial charge is 0.504 e. The van der Waals surface area contributed by atoms with Crippen LogP contribution in [0.4, 0.5) is 4.79 Å². The molecule has 104 valence electrons. The van der Waals surface area contributed by atoms with Gasteiger partial charge in [0.15, 0.2) is 11.5 Å². The second-order valence-corrected chi connectivity index (χ2v) is 3.49. The van der Waals surface area contributed by atoms with E-state index in [1.807, 2.05) is 0 Å². The number of phenols is 1. The van der Waals surface area contributed by atoms with E-state index in [2.05, 4.69) is 4.74 Å². The third kappa shape index (κ3) is 4.03. The fraction of sp³-hybridized carbons (Fsp3) is 0.154. The Bertz CT molecular complexity index is 599. The summed E-state index contributed by atoms with van der Waals surface area (Å²) in [4.78, 5) is 21.8. The van der Waals surface area contributed by atoms with Crippen LogP contribution >= 0.6 is 0 Å². The van der Waals surface area contributed by atoms with Crippen molar-refractivity contribution in [2.45, 2.75) is 6.92 Å². The Morgan fingerprint density at radius 1 is 1.45 bits per heavy atom. The van der Waals surface area contributed by atoms with Gasteiger partial charge in [-0.15, -0.1) is 0 Å². The van der Waals surface area contributed by atoms with Crippen LogP contribution < -0.4 is 4.74 Å². The van der Waals surface area contributed by atoms with Crippen LogP contribution in [0.1, 0.15) is 12.5 Å². The molecule has 0 aliphatic heterocycles. The Morgan fingerprint density at radius 3 is 2.70 bits per heavy atom. The van der Waals surface area contributed by atoms with Gasteiger partial charge in [-0.3, -0.25) is 0 Å². The summed E-state index contributed by atoms with van der Waals surface area (Å²) in [6.07, 6.45) is 0.0856. The molecule has 0 aliphatic carbocycles. The van der Waals surface area contributed by atoms with Gasteiger partial charge in [0.1, 0.15) is 11.6 Å². The average Bonchev–Trinajstić information content (AvgIpc) is 2.39. The lowest BCUT2D eigenvalue weighted by molar-refractivity contribution is -0.132. The Hall–Kier alpha value is -3.01. The van der Waals surface area contributed by atoms with Gasteiger partial charge >= 0.3 is 12.1 Å². The zero-order chi connectivity index (χ0) is 15.1. The third-order valence-corrected chi connectivity index (χ3v) is 2.10. The van der Waals surface area contributed by atoms with Crippen LogP contribution in [0, 0.1) is 11.3 Å². The number of aromatic hydroxyl groups is 1. The maximum atomic E-state index is 11.1. The van der Waals surface area contributed by atoms with E-state index >= 15 is 0 Å². The van der Waals surface area contributed by atoms with Gasteiger partial charge in [-0.2, -0.15) is 5.26 Å². The van der Waals surface area contributed by atoms with Gasteiger partial charge in [0, 0.05) is 0 Å². The molecule has 1 aromatic rings. The molecule has 0 saturated heterocycles. The fourth-order valence-corrected chi connectivity index (χ4v) is 1.25. The van der Waals surface area contributed by atoms with Crippen molar-refractivity contribution in [1.29, 1.82) is 5.26 Å². The number of carboxylic acid groups (broad SMARTS) is 1. The van der Waals surface area contributed by atoms with E-state index < -0.39 is 17.7 Å². The minimum Gasteiger partial charge on any atom is -0.504 e. The van der Waals surface area contributed by atoms with E-state index in [1.165, 1.54) is 24.3 Å². The predicted octanol–water partition coefficient (Wildman–Crippen LogP) is 1.92. The molecule has 1 rings (SSSR count). The standard InChI is InChI=1S/C13H11NO6/c1-2-19-13(18)20-11-6-8(3-4-10(11)15)5-9(7-14)12(16)17/h3-6,15H,2H2,1H3,(H,16,17). The maximum absolute atomic E-state index is 11.1. The molecule has 0 unspecified atom stereocenters. The van der Waals surface area contributed by atoms with E-state index in [-0.39, 0.29) is 23.7 Å². The van der Waals surface area contributed by atoms with Gasteiger partial charge in [-0.1, -0.05) is 6.07 Å². The van der Waals surface area contributed by atoms with Gasteiger partial charge in [0.25, 0.3) is 0 Å². The molecule has 0 amide bonds. The van der Waals surface area contributed by atoms with Crippen molar-refractivity contribution in [3.05, 3.63) is 29.3 Å². The molecule has 1 aromatic carbocycles. The molecule has 20 heavy (non-hydrogen) atoms. The van der Waals surface area contributed by atoms with Crippen molar-refractivity contribution < 1.29 is 29.3 Å². The first kappa shape index (κ1) is 15.0. The summed E-state index contributed by atoms with van der Waals surface area (Å²) in [5.41, 5.74) is -0.209. The Kier molecular flexibility index (Phi) is 5.12. The van der Waals surface area contributed by atoms with Gasteiger partial charge in [-0.25, -0.2) is 9.59 Å². The minimum absolute atomic E-state index is 0.108. The fourth-order valence-electron chi connectivity index (χ4n) is 1.25. The van der Waals surface area contributed by atoms with E-state index in [4.69, 9.17) is 15.1 Å². The van der Waals surface area contributed by atoms with Crippen LogP contribution in [0.5, 0.6) is 11.5 Å². The normalized spacial score (nSPS) is 10.5. The van der Waals surface area contributed by atoms with E-state index in [1.54, 1.807) is 6.92 Å². The number of carbonyl (C=O) groups is 2. The highest BCUT2D eigenvalue weighted by molar-refractivity contribution is 5.96. The van der Waals surface area contributed by atoms with Crippen molar-refractivity contribution in [3.63, 3.8) is 0 Å². The lowest BCUT2D eigenvalue weighted by Gasteiger charge is -2.06. The zero-order valence-corrected chi connectivity index (χ0v) is 10.5. The maximum Gasteiger partial charge on any atom is 0.513 e. The van der Waals surface area contributed by atoms with Crippen LogP contribution in [0.25, 0.3) is 6.08 Å².